The van der Waals surface area contributed by atoms with Gasteiger partial charge < -0.3 is 10.0 Å². The van der Waals surface area contributed by atoms with Crippen LogP contribution in [0.25, 0.3) is 0 Å². The quantitative estimate of drug-likeness (QED) is 0.468. The third-order valence-corrected chi connectivity index (χ3v) is 3.14. The fraction of sp³-hybridized carbons (Fsp3) is 0.538. The highest BCUT2D eigenvalue weighted by Crippen LogP contribution is 2.28. The Balaban J connectivity index is 2.87. The van der Waals surface area contributed by atoms with Gasteiger partial charge >= 0.3 is 0 Å². The molecule has 0 amide bonds. The number of para-hydroxylation sites is 1. The van der Waals surface area contributed by atoms with Gasteiger partial charge in [-0.15, -0.1) is 0 Å². The Morgan fingerprint density at radius 3 is 2.38 bits per heavy atom. The highest BCUT2D eigenvalue weighted by molar-refractivity contribution is 6.23. The summed E-state index contributed by atoms with van der Waals surface area (Å²) in [5.74, 6) is 0. The summed E-state index contributed by atoms with van der Waals surface area (Å²) in [6.45, 7) is 4.78. The van der Waals surface area contributed by atoms with Gasteiger partial charge in [-0.1, -0.05) is 50.1 Å². The van der Waals surface area contributed by atoms with Gasteiger partial charge in [-0.25, -0.2) is 0 Å². The predicted molar refractivity (Wildman–Crippen MR) is 69.8 cm³/mol. The van der Waals surface area contributed by atoms with Gasteiger partial charge in [0.15, 0.2) is 0 Å². The van der Waals surface area contributed by atoms with E-state index in [2.05, 4.69) is 6.92 Å². The summed E-state index contributed by atoms with van der Waals surface area (Å²) < 4.78 is 0. The molecule has 0 spiro atoms. The van der Waals surface area contributed by atoms with Crippen LogP contribution in [0.3, 0.4) is 0 Å². The largest absolute Gasteiger partial charge is 0.358 e. The highest BCUT2D eigenvalue weighted by Gasteiger charge is 2.29. The summed E-state index contributed by atoms with van der Waals surface area (Å²) in [6, 6.07) is 9.81. The van der Waals surface area contributed by atoms with Crippen LogP contribution in [0.5, 0.6) is 0 Å². The average molecular weight is 242 g/mol. The molecule has 1 unspecified atom stereocenters. The second-order valence-corrected chi connectivity index (χ2v) is 4.52. The molecule has 3 heteroatoms. The number of hydrogen-bond donors (Lipinski definition) is 1. The topological polar surface area (TPSA) is 23.5 Å². The summed E-state index contributed by atoms with van der Waals surface area (Å²) >= 11 is 6.14. The Morgan fingerprint density at radius 2 is 1.88 bits per heavy atom. The van der Waals surface area contributed by atoms with E-state index in [1.54, 1.807) is 0 Å². The lowest BCUT2D eigenvalue weighted by atomic mass is 10.2. The van der Waals surface area contributed by atoms with Crippen LogP contribution in [0.2, 0.25) is 0 Å². The van der Waals surface area contributed by atoms with Crippen molar-refractivity contribution in [3.63, 3.8) is 0 Å². The van der Waals surface area contributed by atoms with Crippen molar-refractivity contribution in [1.29, 1.82) is 0 Å². The van der Waals surface area contributed by atoms with Crippen molar-refractivity contribution in [2.24, 2.45) is 0 Å². The van der Waals surface area contributed by atoms with Gasteiger partial charge in [0.2, 0.25) is 5.18 Å². The van der Waals surface area contributed by atoms with Crippen LogP contribution in [0.4, 0.5) is 5.69 Å². The predicted octanol–water partition coefficient (Wildman–Crippen LogP) is 3.59. The molecule has 0 bridgehead atoms. The van der Waals surface area contributed by atoms with E-state index in [-0.39, 0.29) is 0 Å². The van der Waals surface area contributed by atoms with Crippen molar-refractivity contribution in [3.8, 4) is 0 Å². The molecule has 90 valence electrons. The molecule has 1 N–H and O–H groups in total. The summed E-state index contributed by atoms with van der Waals surface area (Å²) in [4.78, 5) is 1.86. The molecular weight excluding hydrogens is 222 g/mol. The normalized spacial score (nSPS) is 14.5. The van der Waals surface area contributed by atoms with Gasteiger partial charge in [-0.2, -0.15) is 0 Å². The summed E-state index contributed by atoms with van der Waals surface area (Å²) in [5, 5.41) is 8.87. The Labute approximate surface area is 103 Å². The van der Waals surface area contributed by atoms with E-state index in [0.29, 0.717) is 6.42 Å². The fourth-order valence-electron chi connectivity index (χ4n) is 1.61. The Morgan fingerprint density at radius 1 is 1.25 bits per heavy atom. The molecule has 16 heavy (non-hydrogen) atoms. The molecule has 0 aliphatic heterocycles. The first kappa shape index (κ1) is 13.3. The van der Waals surface area contributed by atoms with Crippen molar-refractivity contribution < 1.29 is 5.11 Å². The van der Waals surface area contributed by atoms with Crippen molar-refractivity contribution in [2.75, 3.05) is 11.4 Å². The van der Waals surface area contributed by atoms with Crippen molar-refractivity contribution in [2.45, 2.75) is 38.3 Å². The molecule has 0 heterocycles. The van der Waals surface area contributed by atoms with Crippen LogP contribution in [0, 0.1) is 0 Å². The number of hydrogen-bond acceptors (Lipinski definition) is 2. The maximum absolute atomic E-state index is 10.2. The molecule has 1 rings (SSSR count). The summed E-state index contributed by atoms with van der Waals surface area (Å²) in [7, 11) is 0. The number of anilines is 1. The minimum Gasteiger partial charge on any atom is -0.358 e. The second kappa shape index (κ2) is 6.12. The molecule has 0 saturated carbocycles. The summed E-state index contributed by atoms with van der Waals surface area (Å²) in [5.41, 5.74) is 0.968. The van der Waals surface area contributed by atoms with Crippen LogP contribution in [-0.2, 0) is 0 Å². The number of nitrogens with zero attached hydrogens (tertiary/aromatic N) is 1. The van der Waals surface area contributed by atoms with Crippen molar-refractivity contribution >= 4 is 17.3 Å². The minimum atomic E-state index is -1.28. The van der Waals surface area contributed by atoms with Gasteiger partial charge in [-0.05, 0) is 18.6 Å². The van der Waals surface area contributed by atoms with Crippen LogP contribution >= 0.6 is 11.6 Å². The first-order valence-corrected chi connectivity index (χ1v) is 6.23. The fourth-order valence-corrected chi connectivity index (χ4v) is 1.80. The molecule has 1 aromatic carbocycles. The number of unbranched alkanes of at least 4 members (excludes halogenated alkanes) is 1. The van der Waals surface area contributed by atoms with Crippen LogP contribution < -0.4 is 4.90 Å². The van der Waals surface area contributed by atoms with Crippen molar-refractivity contribution in [1.82, 2.24) is 0 Å². The molecule has 0 fully saturated rings. The molecule has 2 nitrogen and oxygen atoms in total. The van der Waals surface area contributed by atoms with E-state index < -0.39 is 5.18 Å². The first-order chi connectivity index (χ1) is 7.61. The third kappa shape index (κ3) is 3.39. The smallest absolute Gasteiger partial charge is 0.216 e. The van der Waals surface area contributed by atoms with Crippen LogP contribution in [0.15, 0.2) is 30.3 Å². The zero-order valence-corrected chi connectivity index (χ0v) is 10.7. The molecule has 0 aliphatic carbocycles. The Bertz CT molecular complexity index is 300. The van der Waals surface area contributed by atoms with Gasteiger partial charge in [0.25, 0.3) is 0 Å². The molecular formula is C13H20ClNO. The van der Waals surface area contributed by atoms with E-state index in [9.17, 15) is 5.11 Å². The molecule has 0 aromatic heterocycles. The number of alkyl halides is 1. The maximum Gasteiger partial charge on any atom is 0.216 e. The number of rotatable bonds is 6. The van der Waals surface area contributed by atoms with Gasteiger partial charge in [0.05, 0.1) is 0 Å². The van der Waals surface area contributed by atoms with Gasteiger partial charge in [0, 0.05) is 18.7 Å². The lowest BCUT2D eigenvalue weighted by Crippen LogP contribution is -2.44. The lowest BCUT2D eigenvalue weighted by molar-refractivity contribution is 0.118. The number of benzene rings is 1. The molecule has 0 radical (unpaired) electrons. The first-order valence-electron chi connectivity index (χ1n) is 5.85. The molecule has 1 aromatic rings. The van der Waals surface area contributed by atoms with Gasteiger partial charge in [0.1, 0.15) is 0 Å². The van der Waals surface area contributed by atoms with E-state index in [0.717, 1.165) is 25.1 Å². The van der Waals surface area contributed by atoms with Crippen LogP contribution in [0.1, 0.15) is 33.1 Å². The Hall–Kier alpha value is -0.730. The van der Waals surface area contributed by atoms with E-state index in [4.69, 9.17) is 11.6 Å². The SMILES string of the molecule is CCCCN(c1ccccc1)C(O)(Cl)CC. The van der Waals surface area contributed by atoms with Crippen molar-refractivity contribution in [3.05, 3.63) is 30.3 Å². The zero-order chi connectivity index (χ0) is 12.0. The molecule has 0 saturated heterocycles. The second-order valence-electron chi connectivity index (χ2n) is 3.91. The third-order valence-electron chi connectivity index (χ3n) is 2.67. The highest BCUT2D eigenvalue weighted by atomic mass is 35.5. The van der Waals surface area contributed by atoms with Crippen LogP contribution in [-0.4, -0.2) is 16.8 Å². The zero-order valence-electron chi connectivity index (χ0n) is 9.99. The maximum atomic E-state index is 10.2. The minimum absolute atomic E-state index is 0.493. The Kier molecular flexibility index (Phi) is 5.10. The van der Waals surface area contributed by atoms with Gasteiger partial charge in [-0.3, -0.25) is 0 Å². The molecule has 0 aliphatic rings. The standard InChI is InChI=1S/C13H20ClNO/c1-3-5-11-15(13(14,16)4-2)12-9-7-6-8-10-12/h6-10,16H,3-5,11H2,1-2H3. The van der Waals surface area contributed by atoms with E-state index in [1.807, 2.05) is 42.2 Å². The summed E-state index contributed by atoms with van der Waals surface area (Å²) in [6.07, 6.45) is 2.59. The number of halogens is 1. The lowest BCUT2D eigenvalue weighted by Gasteiger charge is -2.36. The monoisotopic (exact) mass is 241 g/mol. The average Bonchev–Trinajstić information content (AvgIpc) is 2.31. The number of aliphatic hydroxyl groups is 1. The van der Waals surface area contributed by atoms with E-state index in [1.165, 1.54) is 0 Å². The van der Waals surface area contributed by atoms with E-state index >= 15 is 0 Å². The molecule has 1 atom stereocenters.